The average Bonchev–Trinajstić information content (AvgIpc) is 3.44. The Labute approximate surface area is 324 Å². The molecule has 0 radical (unpaired) electrons. The molecule has 0 N–H and O–H groups in total. The topological polar surface area (TPSA) is 6.48 Å². The fourth-order valence-corrected chi connectivity index (χ4v) is 10.5. The van der Waals surface area contributed by atoms with Gasteiger partial charge in [0, 0.05) is 45.6 Å². The number of para-hydroxylation sites is 2. The summed E-state index contributed by atoms with van der Waals surface area (Å²) < 4.78 is 0. The minimum absolute atomic E-state index is 0.0971. The van der Waals surface area contributed by atoms with Gasteiger partial charge in [0.1, 0.15) is 0 Å². The van der Waals surface area contributed by atoms with E-state index in [1.54, 1.807) is 0 Å². The predicted molar refractivity (Wildman–Crippen MR) is 236 cm³/mol. The summed E-state index contributed by atoms with van der Waals surface area (Å²) >= 11 is 0. The Bertz CT molecular complexity index is 2860. The largest absolute Gasteiger partial charge is 0.338 e. The molecule has 2 nitrogen and oxygen atoms in total. The van der Waals surface area contributed by atoms with Gasteiger partial charge in [-0.15, -0.1) is 0 Å². The van der Waals surface area contributed by atoms with Crippen LogP contribution in [0.25, 0.3) is 55.6 Å². The quantitative estimate of drug-likeness (QED) is 0.133. The van der Waals surface area contributed by atoms with E-state index in [-0.39, 0.29) is 5.41 Å². The molecule has 8 aromatic rings. The highest BCUT2D eigenvalue weighted by molar-refractivity contribution is 6.26. The average molecular weight is 711 g/mol. The highest BCUT2D eigenvalue weighted by atomic mass is 15.2. The van der Waals surface area contributed by atoms with Crippen LogP contribution in [0.1, 0.15) is 73.9 Å². The second kappa shape index (κ2) is 12.1. The monoisotopic (exact) mass is 710 g/mol. The molecule has 2 atom stereocenters. The summed E-state index contributed by atoms with van der Waals surface area (Å²) in [6.07, 6.45) is 9.27. The first kappa shape index (κ1) is 32.6. The van der Waals surface area contributed by atoms with Crippen LogP contribution in [0.4, 0.5) is 22.7 Å². The maximum Gasteiger partial charge on any atom is 0.0493 e. The molecule has 268 valence electrons. The third kappa shape index (κ3) is 4.87. The minimum atomic E-state index is -0.0971. The second-order valence-corrected chi connectivity index (χ2v) is 16.9. The number of benzene rings is 8. The molecule has 3 aliphatic rings. The summed E-state index contributed by atoms with van der Waals surface area (Å²) in [5, 5.41) is 7.99. The number of fused-ring (bicyclic) bond motifs is 5. The van der Waals surface area contributed by atoms with E-state index in [1.165, 1.54) is 106 Å². The molecular weight excluding hydrogens is 665 g/mol. The van der Waals surface area contributed by atoms with Crippen molar-refractivity contribution in [3.05, 3.63) is 167 Å². The molecule has 2 heteroatoms. The first-order valence-electron chi connectivity index (χ1n) is 20.3. The lowest BCUT2D eigenvalue weighted by molar-refractivity contribution is 0.616. The normalized spacial score (nSPS) is 18.6. The molecule has 0 aromatic heterocycles. The molecule has 1 aliphatic carbocycles. The van der Waals surface area contributed by atoms with Gasteiger partial charge in [-0.25, -0.2) is 0 Å². The van der Waals surface area contributed by atoms with Crippen molar-refractivity contribution in [2.45, 2.75) is 70.9 Å². The second-order valence-electron chi connectivity index (χ2n) is 16.9. The Morgan fingerprint density at radius 2 is 1.11 bits per heavy atom. The number of hydrogen-bond acceptors (Lipinski definition) is 2. The lowest BCUT2D eigenvalue weighted by atomic mass is 9.81. The maximum absolute atomic E-state index is 2.59. The van der Waals surface area contributed by atoms with Crippen molar-refractivity contribution in [2.75, 3.05) is 9.80 Å². The van der Waals surface area contributed by atoms with Crippen LogP contribution in [0, 0.1) is 0 Å². The standard InChI is InChI=1S/C53H46N2/c1-33-13-17-37-9-5-7-11-48(37)54(33)41-25-29-44-43-26-16-35(31-46(43)53(3,4)47(44)32-41)15-19-36-20-21-39-23-28-45-50(30-24-40-22-27-42(36)51(39)52(40)45)55-34(2)14-18-38-10-6-8-12-49(38)55/h5-12,15-16,19-34H,13-14,17-18H2,1-4H3/b19-15+. The van der Waals surface area contributed by atoms with Crippen molar-refractivity contribution in [3.63, 3.8) is 0 Å². The molecule has 0 fully saturated rings. The van der Waals surface area contributed by atoms with Crippen LogP contribution in [-0.2, 0) is 18.3 Å². The summed E-state index contributed by atoms with van der Waals surface area (Å²) in [4.78, 5) is 5.16. The number of anilines is 4. The fourth-order valence-electron chi connectivity index (χ4n) is 10.5. The van der Waals surface area contributed by atoms with E-state index in [0.29, 0.717) is 12.1 Å². The fraction of sp³-hybridized carbons (Fsp3) is 0.208. The number of aryl methyl sites for hydroxylation is 2. The number of nitrogens with zero attached hydrogens (tertiary/aromatic N) is 2. The molecule has 0 amide bonds. The van der Waals surface area contributed by atoms with Gasteiger partial charge in [-0.1, -0.05) is 129 Å². The maximum atomic E-state index is 2.59. The Morgan fingerprint density at radius 3 is 1.85 bits per heavy atom. The van der Waals surface area contributed by atoms with Crippen molar-refractivity contribution in [1.82, 2.24) is 0 Å². The Morgan fingerprint density at radius 1 is 0.527 bits per heavy atom. The van der Waals surface area contributed by atoms with Gasteiger partial charge in [0.05, 0.1) is 0 Å². The third-order valence-corrected chi connectivity index (χ3v) is 13.4. The zero-order valence-corrected chi connectivity index (χ0v) is 32.2. The van der Waals surface area contributed by atoms with Crippen LogP contribution >= 0.6 is 0 Å². The van der Waals surface area contributed by atoms with Crippen molar-refractivity contribution in [2.24, 2.45) is 0 Å². The van der Waals surface area contributed by atoms with Gasteiger partial charge >= 0.3 is 0 Å². The highest BCUT2D eigenvalue weighted by Crippen LogP contribution is 2.51. The van der Waals surface area contributed by atoms with Crippen molar-refractivity contribution < 1.29 is 0 Å². The molecule has 11 rings (SSSR count). The Balaban J connectivity index is 0.960. The van der Waals surface area contributed by atoms with E-state index in [9.17, 15) is 0 Å². The molecule has 0 bridgehead atoms. The SMILES string of the molecule is CC1CCc2ccccc2N1c1ccc2c(c1)C(C)(C)c1cc(/C=C/c3ccc4ccc5c(N6c7ccccc7CCC6C)ccc6ccc3c4c65)ccc1-2. The molecule has 2 aliphatic heterocycles. The summed E-state index contributed by atoms with van der Waals surface area (Å²) in [7, 11) is 0. The van der Waals surface area contributed by atoms with E-state index >= 15 is 0 Å². The Hall–Kier alpha value is -5.86. The van der Waals surface area contributed by atoms with Gasteiger partial charge in [-0.05, 0) is 141 Å². The van der Waals surface area contributed by atoms with Crippen molar-refractivity contribution >= 4 is 67.2 Å². The van der Waals surface area contributed by atoms with E-state index in [4.69, 9.17) is 0 Å². The van der Waals surface area contributed by atoms with Gasteiger partial charge in [0.2, 0.25) is 0 Å². The van der Waals surface area contributed by atoms with Crippen LogP contribution < -0.4 is 9.80 Å². The van der Waals surface area contributed by atoms with Gasteiger partial charge in [-0.3, -0.25) is 0 Å². The lowest BCUT2D eigenvalue weighted by Crippen LogP contribution is -2.33. The summed E-state index contributed by atoms with van der Waals surface area (Å²) in [5.41, 5.74) is 16.2. The highest BCUT2D eigenvalue weighted by Gasteiger charge is 2.37. The number of hydrogen-bond donors (Lipinski definition) is 0. The van der Waals surface area contributed by atoms with Gasteiger partial charge in [0.15, 0.2) is 0 Å². The van der Waals surface area contributed by atoms with E-state index in [0.717, 1.165) is 19.3 Å². The molecule has 0 saturated carbocycles. The van der Waals surface area contributed by atoms with Gasteiger partial charge in [-0.2, -0.15) is 0 Å². The van der Waals surface area contributed by atoms with Crippen LogP contribution in [-0.4, -0.2) is 12.1 Å². The molecule has 0 saturated heterocycles. The van der Waals surface area contributed by atoms with Crippen LogP contribution in [0.2, 0.25) is 0 Å². The first-order chi connectivity index (χ1) is 26.8. The van der Waals surface area contributed by atoms with Gasteiger partial charge < -0.3 is 9.80 Å². The van der Waals surface area contributed by atoms with Crippen LogP contribution in [0.5, 0.6) is 0 Å². The minimum Gasteiger partial charge on any atom is -0.338 e. The summed E-state index contributed by atoms with van der Waals surface area (Å²) in [6.45, 7) is 9.55. The zero-order valence-electron chi connectivity index (χ0n) is 32.2. The van der Waals surface area contributed by atoms with Crippen molar-refractivity contribution in [1.29, 1.82) is 0 Å². The van der Waals surface area contributed by atoms with Gasteiger partial charge in [0.25, 0.3) is 0 Å². The summed E-state index contributed by atoms with van der Waals surface area (Å²) in [5.74, 6) is 0. The third-order valence-electron chi connectivity index (χ3n) is 13.4. The first-order valence-corrected chi connectivity index (χ1v) is 20.3. The molecule has 0 spiro atoms. The predicted octanol–water partition coefficient (Wildman–Crippen LogP) is 14.0. The Kier molecular flexibility index (Phi) is 7.15. The van der Waals surface area contributed by atoms with E-state index < -0.39 is 0 Å². The molecule has 2 heterocycles. The smallest absolute Gasteiger partial charge is 0.0493 e. The zero-order chi connectivity index (χ0) is 37.0. The molecule has 2 unspecified atom stereocenters. The summed E-state index contributed by atoms with van der Waals surface area (Å²) in [6, 6.07) is 51.8. The van der Waals surface area contributed by atoms with E-state index in [2.05, 4.69) is 183 Å². The number of rotatable bonds is 4. The van der Waals surface area contributed by atoms with E-state index in [1.807, 2.05) is 0 Å². The molecule has 55 heavy (non-hydrogen) atoms. The van der Waals surface area contributed by atoms with Crippen molar-refractivity contribution in [3.8, 4) is 11.1 Å². The van der Waals surface area contributed by atoms with Crippen LogP contribution in [0.3, 0.4) is 0 Å². The lowest BCUT2D eigenvalue weighted by Gasteiger charge is -2.38. The molecular formula is C53H46N2. The van der Waals surface area contributed by atoms with Crippen LogP contribution in [0.15, 0.2) is 133 Å². The molecule has 8 aromatic carbocycles.